The van der Waals surface area contributed by atoms with Crippen LogP contribution in [0.15, 0.2) is 42.5 Å². The Morgan fingerprint density at radius 2 is 1.57 bits per heavy atom. The van der Waals surface area contributed by atoms with E-state index in [1.54, 1.807) is 20.8 Å². The van der Waals surface area contributed by atoms with Gasteiger partial charge in [-0.25, -0.2) is 19.3 Å². The highest BCUT2D eigenvalue weighted by Crippen LogP contribution is 2.42. The summed E-state index contributed by atoms with van der Waals surface area (Å²) in [4.78, 5) is 112. The number of ether oxygens (including phenoxy) is 11. The van der Waals surface area contributed by atoms with E-state index in [-0.39, 0.29) is 85.6 Å². The van der Waals surface area contributed by atoms with Crippen LogP contribution in [0.2, 0.25) is 0 Å². The van der Waals surface area contributed by atoms with Crippen molar-refractivity contribution < 1.29 is 100 Å². The van der Waals surface area contributed by atoms with E-state index < -0.39 is 103 Å². The molecular formula is C48H63N5O21. The fourth-order valence-corrected chi connectivity index (χ4v) is 7.86. The van der Waals surface area contributed by atoms with Crippen LogP contribution in [0, 0.1) is 0 Å². The summed E-state index contributed by atoms with van der Waals surface area (Å²) in [7, 11) is 2.39. The average molecular weight is 1050 g/mol. The molecule has 2 aromatic carbocycles. The molecule has 4 amide bonds. The summed E-state index contributed by atoms with van der Waals surface area (Å²) in [5.41, 5.74) is 7.54. The molecule has 0 spiro atoms. The number of nitrogens with one attached hydrogen (secondary N) is 2. The maximum Gasteiger partial charge on any atom is 0.431 e. The summed E-state index contributed by atoms with van der Waals surface area (Å²) in [5.74, 6) is -5.19. The fraction of sp³-hybridized carbons (Fsp3) is 0.542. The van der Waals surface area contributed by atoms with Crippen molar-refractivity contribution in [3.8, 4) is 17.2 Å². The van der Waals surface area contributed by atoms with Gasteiger partial charge in [-0.1, -0.05) is 18.2 Å². The summed E-state index contributed by atoms with van der Waals surface area (Å²) in [6, 6.07) is 5.79. The molecule has 7 atom stereocenters. The first kappa shape index (κ1) is 57.6. The number of fused-ring (bicyclic) bond motifs is 2. The number of esters is 4. The Balaban J connectivity index is 1.46. The van der Waals surface area contributed by atoms with Crippen molar-refractivity contribution in [2.75, 3.05) is 65.2 Å². The number of hydroxylamine groups is 1. The van der Waals surface area contributed by atoms with Crippen molar-refractivity contribution in [1.82, 2.24) is 15.7 Å². The van der Waals surface area contributed by atoms with E-state index in [1.165, 1.54) is 42.3 Å². The Labute approximate surface area is 425 Å². The quantitative estimate of drug-likeness (QED) is 0.0456. The van der Waals surface area contributed by atoms with Gasteiger partial charge in [-0.05, 0) is 63.9 Å². The SMILES string of the molecule is C=C1C[C@H]2C(O)N(C(=O)OCc3ccc(O[C@@H]4O[C@H](C(=O)OC)[C@@H](OC(C)=O)[C@H](OC(C)=O)[C@H]4OC(C)=O)c(C(=O)NCCOCCONC(=O)OC(C)(C)C)c3)c3cc(OCCCN)c(OC)cc3C(=O)N2C1. The second-order valence-corrected chi connectivity index (χ2v) is 17.7. The highest BCUT2D eigenvalue weighted by molar-refractivity contribution is 6.06. The number of nitrogens with zero attached hydrogens (tertiary/aromatic N) is 2. The van der Waals surface area contributed by atoms with E-state index in [2.05, 4.69) is 17.4 Å². The predicted molar refractivity (Wildman–Crippen MR) is 252 cm³/mol. The van der Waals surface area contributed by atoms with Gasteiger partial charge in [0.05, 0.1) is 63.5 Å². The highest BCUT2D eigenvalue weighted by atomic mass is 16.7. The maximum absolute atomic E-state index is 14.3. The zero-order valence-electron chi connectivity index (χ0n) is 42.3. The number of carbonyl (C=O) groups is 8. The summed E-state index contributed by atoms with van der Waals surface area (Å²) in [6.45, 7) is 11.8. The number of nitrogens with two attached hydrogens (primary N) is 1. The van der Waals surface area contributed by atoms with Crippen LogP contribution in [0.4, 0.5) is 15.3 Å². The molecule has 406 valence electrons. The van der Waals surface area contributed by atoms with Crippen molar-refractivity contribution >= 4 is 53.6 Å². The third-order valence-corrected chi connectivity index (χ3v) is 10.9. The molecule has 26 heteroatoms. The highest BCUT2D eigenvalue weighted by Gasteiger charge is 2.56. The molecule has 3 aliphatic heterocycles. The number of rotatable bonds is 21. The molecule has 2 saturated heterocycles. The monoisotopic (exact) mass is 1050 g/mol. The number of benzene rings is 2. The molecule has 74 heavy (non-hydrogen) atoms. The first-order chi connectivity index (χ1) is 35.1. The standard InChI is InChI=1S/C48H63N5O21/c1-25-19-33-43(59)53(32-22-36(66-15-10-13-49)35(63-8)21-30(32)42(58)52(33)23-25)47(62)67-24-29-11-12-34(31(20-29)41(57)50-14-16-65-17-18-68-51-46(61)74-48(5,6)7)72-45-40(71-28(4)56)38(70-27(3)55)37(69-26(2)54)39(73-45)44(60)64-9/h11-12,20-22,33,37-40,43,45,59H,1,10,13-19,23-24,49H2,2-9H3,(H,50,57)(H,51,61)/t33-,37-,38-,39-,40+,43?,45+/m0/s1. The number of carbonyl (C=O) groups excluding carboxylic acids is 8. The van der Waals surface area contributed by atoms with Gasteiger partial charge in [0.25, 0.3) is 11.8 Å². The van der Waals surface area contributed by atoms with Crippen LogP contribution in [-0.2, 0) is 68.5 Å². The second-order valence-electron chi connectivity index (χ2n) is 17.7. The van der Waals surface area contributed by atoms with E-state index in [0.717, 1.165) is 32.8 Å². The molecule has 0 aliphatic carbocycles. The first-order valence-electron chi connectivity index (χ1n) is 23.2. The Kier molecular flexibility index (Phi) is 20.3. The van der Waals surface area contributed by atoms with Crippen molar-refractivity contribution in [1.29, 1.82) is 0 Å². The normalized spacial score (nSPS) is 21.2. The minimum atomic E-state index is -1.87. The van der Waals surface area contributed by atoms with Gasteiger partial charge < -0.3 is 73.2 Å². The topological polar surface area (TPSA) is 324 Å². The number of hydrogen-bond acceptors (Lipinski definition) is 22. The lowest BCUT2D eigenvalue weighted by Gasteiger charge is -2.43. The molecular weight excluding hydrogens is 983 g/mol. The van der Waals surface area contributed by atoms with E-state index in [9.17, 15) is 43.5 Å². The number of aliphatic hydroxyl groups is 1. The largest absolute Gasteiger partial charge is 0.493 e. The zero-order chi connectivity index (χ0) is 54.4. The lowest BCUT2D eigenvalue weighted by molar-refractivity contribution is -0.282. The van der Waals surface area contributed by atoms with Crippen LogP contribution >= 0.6 is 0 Å². The Bertz CT molecular complexity index is 2410. The molecule has 26 nitrogen and oxygen atoms in total. The Morgan fingerprint density at radius 3 is 2.22 bits per heavy atom. The van der Waals surface area contributed by atoms with Gasteiger partial charge in [0.15, 0.2) is 36.0 Å². The van der Waals surface area contributed by atoms with Crippen molar-refractivity contribution in [3.63, 3.8) is 0 Å². The molecule has 1 unspecified atom stereocenters. The Hall–Kier alpha value is -7.26. The van der Waals surface area contributed by atoms with Crippen molar-refractivity contribution in [2.45, 2.75) is 110 Å². The number of hydrogen-bond donors (Lipinski definition) is 4. The lowest BCUT2D eigenvalue weighted by Crippen LogP contribution is -2.64. The summed E-state index contributed by atoms with van der Waals surface area (Å²) in [5, 5.41) is 14.5. The molecule has 0 saturated carbocycles. The van der Waals surface area contributed by atoms with Gasteiger partial charge in [0, 0.05) is 39.9 Å². The van der Waals surface area contributed by atoms with Crippen LogP contribution < -0.4 is 35.6 Å². The van der Waals surface area contributed by atoms with Crippen LogP contribution in [0.25, 0.3) is 0 Å². The minimum absolute atomic E-state index is 0.00259. The summed E-state index contributed by atoms with van der Waals surface area (Å²) >= 11 is 0. The zero-order valence-corrected chi connectivity index (χ0v) is 42.3. The molecule has 0 aromatic heterocycles. The molecule has 5 N–H and O–H groups in total. The number of aliphatic hydroxyl groups excluding tert-OH is 1. The van der Waals surface area contributed by atoms with Crippen molar-refractivity contribution in [2.24, 2.45) is 5.73 Å². The average Bonchev–Trinajstić information content (AvgIpc) is 3.70. The van der Waals surface area contributed by atoms with E-state index in [0.29, 0.717) is 18.5 Å². The third kappa shape index (κ3) is 15.2. The van der Waals surface area contributed by atoms with Gasteiger partial charge in [-0.15, -0.1) is 0 Å². The molecule has 2 fully saturated rings. The third-order valence-electron chi connectivity index (χ3n) is 10.9. The molecule has 5 rings (SSSR count). The molecule has 0 radical (unpaired) electrons. The van der Waals surface area contributed by atoms with Gasteiger partial charge >= 0.3 is 36.1 Å². The summed E-state index contributed by atoms with van der Waals surface area (Å²) in [6.07, 6.45) is -11.8. The minimum Gasteiger partial charge on any atom is -0.493 e. The van der Waals surface area contributed by atoms with E-state index in [4.69, 9.17) is 62.7 Å². The smallest absolute Gasteiger partial charge is 0.431 e. The van der Waals surface area contributed by atoms with Crippen LogP contribution in [-0.4, -0.2) is 167 Å². The van der Waals surface area contributed by atoms with Crippen LogP contribution in [0.1, 0.15) is 80.7 Å². The predicted octanol–water partition coefficient (Wildman–Crippen LogP) is 1.94. The lowest BCUT2D eigenvalue weighted by atomic mass is 9.97. The second kappa shape index (κ2) is 26.1. The van der Waals surface area contributed by atoms with E-state index in [1.807, 2.05) is 0 Å². The van der Waals surface area contributed by atoms with Crippen LogP contribution in [0.3, 0.4) is 0 Å². The number of methoxy groups -OCH3 is 2. The Morgan fingerprint density at radius 1 is 0.878 bits per heavy atom. The van der Waals surface area contributed by atoms with E-state index >= 15 is 0 Å². The van der Waals surface area contributed by atoms with Crippen LogP contribution in [0.5, 0.6) is 17.2 Å². The molecule has 2 aromatic rings. The van der Waals surface area contributed by atoms with Gasteiger partial charge in [0.2, 0.25) is 12.4 Å². The maximum atomic E-state index is 14.3. The summed E-state index contributed by atoms with van der Waals surface area (Å²) < 4.78 is 61.1. The number of anilines is 1. The molecule has 0 bridgehead atoms. The fourth-order valence-electron chi connectivity index (χ4n) is 7.86. The molecule has 3 heterocycles. The number of amides is 4. The molecule has 3 aliphatic rings. The van der Waals surface area contributed by atoms with Gasteiger partial charge in [0.1, 0.15) is 18.0 Å². The van der Waals surface area contributed by atoms with Crippen molar-refractivity contribution in [3.05, 3.63) is 59.2 Å². The van der Waals surface area contributed by atoms with Gasteiger partial charge in [-0.2, -0.15) is 5.48 Å². The first-order valence-corrected chi connectivity index (χ1v) is 23.2. The van der Waals surface area contributed by atoms with Gasteiger partial charge in [-0.3, -0.25) is 28.8 Å².